The van der Waals surface area contributed by atoms with Crippen molar-refractivity contribution >= 4 is 5.97 Å². The van der Waals surface area contributed by atoms with Gasteiger partial charge in [-0.3, -0.25) is 4.79 Å². The van der Waals surface area contributed by atoms with Crippen molar-refractivity contribution in [2.45, 2.75) is 20.3 Å². The molecule has 0 aromatic rings. The lowest BCUT2D eigenvalue weighted by Crippen LogP contribution is -2.11. The molecule has 0 aromatic carbocycles. The summed E-state index contributed by atoms with van der Waals surface area (Å²) in [4.78, 5) is 9.72. The number of rotatable bonds is 3. The summed E-state index contributed by atoms with van der Waals surface area (Å²) in [7, 11) is 1.73. The van der Waals surface area contributed by atoms with Crippen molar-refractivity contribution in [2.75, 3.05) is 13.6 Å². The lowest BCUT2D eigenvalue weighted by molar-refractivity contribution is -0.136. The summed E-state index contributed by atoms with van der Waals surface area (Å²) in [6.45, 7) is 4.55. The molecule has 56 valence electrons. The van der Waals surface area contributed by atoms with Crippen molar-refractivity contribution in [2.24, 2.45) is 0 Å². The van der Waals surface area contributed by atoms with Crippen LogP contribution < -0.4 is 5.32 Å². The molecule has 3 nitrogen and oxygen atoms in total. The summed E-state index contributed by atoms with van der Waals surface area (Å²) < 4.78 is 0. The van der Waals surface area contributed by atoms with Crippen LogP contribution in [0.3, 0.4) is 0 Å². The number of hydrogen-bond acceptors (Lipinski definition) is 2. The van der Waals surface area contributed by atoms with Crippen LogP contribution in [0.25, 0.3) is 0 Å². The van der Waals surface area contributed by atoms with Crippen LogP contribution in [-0.2, 0) is 4.79 Å². The fourth-order valence-electron chi connectivity index (χ4n) is 0.232. The molecule has 0 bridgehead atoms. The normalized spacial score (nSPS) is 7.44. The molecule has 2 N–H and O–H groups in total. The smallest absolute Gasteiger partial charge is 0.304 e. The summed E-state index contributed by atoms with van der Waals surface area (Å²) in [5, 5.41) is 10.7. The van der Waals surface area contributed by atoms with E-state index in [-0.39, 0.29) is 6.42 Å². The van der Waals surface area contributed by atoms with Gasteiger partial charge in [0, 0.05) is 6.54 Å². The number of nitrogens with one attached hydrogen (secondary N) is 1. The molecule has 0 aliphatic heterocycles. The van der Waals surface area contributed by atoms with E-state index in [1.807, 2.05) is 13.8 Å². The predicted octanol–water partition coefficient (Wildman–Crippen LogP) is 0.707. The molecule has 3 heteroatoms. The first-order valence-electron chi connectivity index (χ1n) is 3.13. The van der Waals surface area contributed by atoms with E-state index in [0.29, 0.717) is 6.54 Å². The second-order valence-corrected chi connectivity index (χ2v) is 1.25. The van der Waals surface area contributed by atoms with E-state index in [1.54, 1.807) is 7.05 Å². The highest BCUT2D eigenvalue weighted by molar-refractivity contribution is 5.66. The van der Waals surface area contributed by atoms with Crippen LogP contribution in [0.2, 0.25) is 0 Å². The molecule has 0 radical (unpaired) electrons. The highest BCUT2D eigenvalue weighted by atomic mass is 16.4. The van der Waals surface area contributed by atoms with Crippen LogP contribution in [0.4, 0.5) is 0 Å². The molecular weight excluding hydrogens is 118 g/mol. The zero-order valence-electron chi connectivity index (χ0n) is 6.27. The van der Waals surface area contributed by atoms with Crippen molar-refractivity contribution in [1.82, 2.24) is 5.32 Å². The van der Waals surface area contributed by atoms with Gasteiger partial charge in [0.1, 0.15) is 0 Å². The number of carboxylic acid groups (broad SMARTS) is 1. The number of aliphatic carboxylic acids is 1. The second kappa shape index (κ2) is 10.4. The molecule has 0 saturated carbocycles. The summed E-state index contributed by atoms with van der Waals surface area (Å²) in [6, 6.07) is 0. The molecule has 0 aliphatic carbocycles. The molecule has 0 spiro atoms. The lowest BCUT2D eigenvalue weighted by atomic mass is 10.4. The van der Waals surface area contributed by atoms with E-state index in [1.165, 1.54) is 0 Å². The minimum absolute atomic E-state index is 0.205. The molecule has 0 amide bonds. The van der Waals surface area contributed by atoms with Gasteiger partial charge in [-0.2, -0.15) is 0 Å². The van der Waals surface area contributed by atoms with E-state index in [0.717, 1.165) is 0 Å². The monoisotopic (exact) mass is 133 g/mol. The van der Waals surface area contributed by atoms with Gasteiger partial charge < -0.3 is 10.4 Å². The number of hydrogen-bond donors (Lipinski definition) is 2. The Labute approximate surface area is 56.1 Å². The van der Waals surface area contributed by atoms with Crippen molar-refractivity contribution in [3.63, 3.8) is 0 Å². The van der Waals surface area contributed by atoms with Gasteiger partial charge in [-0.25, -0.2) is 0 Å². The van der Waals surface area contributed by atoms with Gasteiger partial charge in [0.25, 0.3) is 0 Å². The Morgan fingerprint density at radius 2 is 2.00 bits per heavy atom. The van der Waals surface area contributed by atoms with E-state index in [4.69, 9.17) is 5.11 Å². The third-order valence-electron chi connectivity index (χ3n) is 0.589. The molecule has 0 rings (SSSR count). The number of carbonyl (C=O) groups is 1. The zero-order chi connectivity index (χ0) is 7.70. The summed E-state index contributed by atoms with van der Waals surface area (Å²) >= 11 is 0. The fourth-order valence-corrected chi connectivity index (χ4v) is 0.232. The largest absolute Gasteiger partial charge is 0.481 e. The third-order valence-corrected chi connectivity index (χ3v) is 0.589. The highest BCUT2D eigenvalue weighted by Crippen LogP contribution is 1.70. The molecule has 0 unspecified atom stereocenters. The van der Waals surface area contributed by atoms with Crippen LogP contribution >= 0.6 is 0 Å². The predicted molar refractivity (Wildman–Crippen MR) is 37.5 cm³/mol. The highest BCUT2D eigenvalue weighted by Gasteiger charge is 1.90. The summed E-state index contributed by atoms with van der Waals surface area (Å²) in [5.41, 5.74) is 0. The van der Waals surface area contributed by atoms with Gasteiger partial charge in [0.05, 0.1) is 6.42 Å². The van der Waals surface area contributed by atoms with Crippen LogP contribution in [0.1, 0.15) is 20.3 Å². The SMILES string of the molecule is CC.CNCCC(=O)O. The van der Waals surface area contributed by atoms with Crippen molar-refractivity contribution in [3.05, 3.63) is 0 Å². The van der Waals surface area contributed by atoms with Gasteiger partial charge in [0.15, 0.2) is 0 Å². The topological polar surface area (TPSA) is 49.3 Å². The maximum Gasteiger partial charge on any atom is 0.304 e. The Balaban J connectivity index is 0. The second-order valence-electron chi connectivity index (χ2n) is 1.25. The summed E-state index contributed by atoms with van der Waals surface area (Å²) in [5.74, 6) is -0.755. The first kappa shape index (κ1) is 11.3. The molecule has 0 fully saturated rings. The molecule has 0 atom stereocenters. The van der Waals surface area contributed by atoms with Crippen molar-refractivity contribution in [1.29, 1.82) is 0 Å². The van der Waals surface area contributed by atoms with Gasteiger partial charge in [0.2, 0.25) is 0 Å². The lowest BCUT2D eigenvalue weighted by Gasteiger charge is -1.88. The first-order chi connectivity index (χ1) is 4.27. The fraction of sp³-hybridized carbons (Fsp3) is 0.833. The standard InChI is InChI=1S/C4H9NO2.C2H6/c1-5-3-2-4(6)7;1-2/h5H,2-3H2,1H3,(H,6,7);1-2H3. The molecule has 0 heterocycles. The Morgan fingerprint density at radius 1 is 1.56 bits per heavy atom. The molecule has 0 saturated heterocycles. The van der Waals surface area contributed by atoms with Crippen LogP contribution in [0, 0.1) is 0 Å². The van der Waals surface area contributed by atoms with Crippen molar-refractivity contribution in [3.8, 4) is 0 Å². The molecule has 0 aromatic heterocycles. The van der Waals surface area contributed by atoms with Gasteiger partial charge in [-0.1, -0.05) is 13.8 Å². The third kappa shape index (κ3) is 18.6. The quantitative estimate of drug-likeness (QED) is 0.596. The molecular formula is C6H15NO2. The Kier molecular flexibility index (Phi) is 13.0. The summed E-state index contributed by atoms with van der Waals surface area (Å²) in [6.07, 6.45) is 0.205. The minimum atomic E-state index is -0.755. The van der Waals surface area contributed by atoms with E-state index < -0.39 is 5.97 Å². The molecule has 9 heavy (non-hydrogen) atoms. The zero-order valence-corrected chi connectivity index (χ0v) is 6.27. The van der Waals surface area contributed by atoms with E-state index in [9.17, 15) is 4.79 Å². The first-order valence-corrected chi connectivity index (χ1v) is 3.13. The average molecular weight is 133 g/mol. The average Bonchev–Trinajstić information content (AvgIpc) is 1.88. The van der Waals surface area contributed by atoms with Gasteiger partial charge >= 0.3 is 5.97 Å². The Morgan fingerprint density at radius 3 is 2.11 bits per heavy atom. The van der Waals surface area contributed by atoms with Crippen molar-refractivity contribution < 1.29 is 9.90 Å². The maximum atomic E-state index is 9.72. The van der Waals surface area contributed by atoms with Gasteiger partial charge in [-0.05, 0) is 7.05 Å². The van der Waals surface area contributed by atoms with E-state index >= 15 is 0 Å². The number of carboxylic acids is 1. The van der Waals surface area contributed by atoms with Crippen LogP contribution in [0.5, 0.6) is 0 Å². The van der Waals surface area contributed by atoms with Crippen LogP contribution in [-0.4, -0.2) is 24.7 Å². The Hall–Kier alpha value is -0.570. The van der Waals surface area contributed by atoms with Crippen LogP contribution in [0.15, 0.2) is 0 Å². The van der Waals surface area contributed by atoms with E-state index in [2.05, 4.69) is 5.32 Å². The minimum Gasteiger partial charge on any atom is -0.481 e. The maximum absolute atomic E-state index is 9.72. The van der Waals surface area contributed by atoms with Gasteiger partial charge in [-0.15, -0.1) is 0 Å². The Bertz CT molecular complexity index is 64.1. The molecule has 0 aliphatic rings.